The van der Waals surface area contributed by atoms with Crippen molar-refractivity contribution in [2.24, 2.45) is 4.99 Å². The van der Waals surface area contributed by atoms with Crippen LogP contribution in [0.3, 0.4) is 0 Å². The number of halogens is 2. The number of guanidine groups is 1. The van der Waals surface area contributed by atoms with E-state index in [4.69, 9.17) is 4.74 Å². The summed E-state index contributed by atoms with van der Waals surface area (Å²) < 4.78 is 19.1. The fourth-order valence-electron chi connectivity index (χ4n) is 2.30. The molecule has 0 aromatic heterocycles. The molecule has 1 rings (SSSR count). The van der Waals surface area contributed by atoms with E-state index in [9.17, 15) is 9.18 Å². The van der Waals surface area contributed by atoms with Crippen LogP contribution < -0.4 is 15.4 Å². The Hall–Kier alpha value is -1.58. The van der Waals surface area contributed by atoms with Gasteiger partial charge in [0, 0.05) is 19.1 Å². The van der Waals surface area contributed by atoms with Gasteiger partial charge in [0.1, 0.15) is 0 Å². The lowest BCUT2D eigenvalue weighted by molar-refractivity contribution is -0.122. The van der Waals surface area contributed by atoms with Crippen molar-refractivity contribution in [1.29, 1.82) is 0 Å². The molecule has 8 heteroatoms. The second kappa shape index (κ2) is 12.0. The van der Waals surface area contributed by atoms with Crippen molar-refractivity contribution in [2.75, 3.05) is 26.7 Å². The number of carbonyl (C=O) groups excluding carboxylic acids is 1. The van der Waals surface area contributed by atoms with Crippen LogP contribution in [0.5, 0.6) is 5.75 Å². The van der Waals surface area contributed by atoms with E-state index < -0.39 is 5.82 Å². The molecule has 2 N–H and O–H groups in total. The summed E-state index contributed by atoms with van der Waals surface area (Å²) in [6, 6.07) is 4.81. The Kier molecular flexibility index (Phi) is 11.3. The molecule has 0 saturated carbocycles. The summed E-state index contributed by atoms with van der Waals surface area (Å²) in [5.41, 5.74) is 0.446. The number of hydrogen-bond acceptors (Lipinski definition) is 3. The van der Waals surface area contributed by atoms with E-state index in [2.05, 4.69) is 15.6 Å². The molecule has 0 bridgehead atoms. The SMILES string of the molecule is CCNC(=NCc1ccc(OCC)c(F)c1)N(C)CC(=O)NC(C)(C)C.I. The van der Waals surface area contributed by atoms with Gasteiger partial charge in [-0.3, -0.25) is 4.79 Å². The Labute approximate surface area is 179 Å². The predicted octanol–water partition coefficient (Wildman–Crippen LogP) is 3.15. The van der Waals surface area contributed by atoms with Gasteiger partial charge >= 0.3 is 0 Å². The third-order valence-electron chi connectivity index (χ3n) is 3.30. The summed E-state index contributed by atoms with van der Waals surface area (Å²) in [5, 5.41) is 6.06. The fourth-order valence-corrected chi connectivity index (χ4v) is 2.30. The van der Waals surface area contributed by atoms with Gasteiger partial charge in [-0.2, -0.15) is 0 Å². The Morgan fingerprint density at radius 3 is 2.48 bits per heavy atom. The van der Waals surface area contributed by atoms with Gasteiger partial charge in [-0.1, -0.05) is 6.07 Å². The van der Waals surface area contributed by atoms with E-state index in [1.165, 1.54) is 6.07 Å². The summed E-state index contributed by atoms with van der Waals surface area (Å²) in [7, 11) is 1.79. The van der Waals surface area contributed by atoms with Crippen LogP contribution in [-0.2, 0) is 11.3 Å². The van der Waals surface area contributed by atoms with Crippen LogP contribution in [0.15, 0.2) is 23.2 Å². The minimum atomic E-state index is -0.400. The number of hydrogen-bond donors (Lipinski definition) is 2. The number of rotatable bonds is 7. The second-order valence-corrected chi connectivity index (χ2v) is 7.02. The van der Waals surface area contributed by atoms with Gasteiger partial charge < -0.3 is 20.3 Å². The molecule has 1 amide bonds. The Bertz CT molecular complexity index is 633. The van der Waals surface area contributed by atoms with Crippen LogP contribution in [0.1, 0.15) is 40.2 Å². The van der Waals surface area contributed by atoms with Crippen molar-refractivity contribution < 1.29 is 13.9 Å². The first-order chi connectivity index (χ1) is 12.2. The van der Waals surface area contributed by atoms with Gasteiger partial charge in [-0.15, -0.1) is 24.0 Å². The van der Waals surface area contributed by atoms with Gasteiger partial charge in [-0.05, 0) is 52.3 Å². The zero-order chi connectivity index (χ0) is 19.7. The predicted molar refractivity (Wildman–Crippen MR) is 118 cm³/mol. The molecule has 0 fully saturated rings. The molecular formula is C19H32FIN4O2. The molecule has 1 aromatic carbocycles. The number of amides is 1. The molecule has 0 unspecified atom stereocenters. The highest BCUT2D eigenvalue weighted by Crippen LogP contribution is 2.18. The molecule has 0 atom stereocenters. The summed E-state index contributed by atoms with van der Waals surface area (Å²) in [4.78, 5) is 18.3. The molecule has 1 aromatic rings. The molecular weight excluding hydrogens is 462 g/mol. The molecule has 0 aliphatic carbocycles. The van der Waals surface area contributed by atoms with Crippen LogP contribution in [0.25, 0.3) is 0 Å². The van der Waals surface area contributed by atoms with E-state index >= 15 is 0 Å². The quantitative estimate of drug-likeness (QED) is 0.347. The molecule has 0 radical (unpaired) electrons. The van der Waals surface area contributed by atoms with E-state index in [0.717, 1.165) is 5.56 Å². The van der Waals surface area contributed by atoms with Gasteiger partial charge in [-0.25, -0.2) is 9.38 Å². The van der Waals surface area contributed by atoms with E-state index in [-0.39, 0.29) is 47.7 Å². The highest BCUT2D eigenvalue weighted by atomic mass is 127. The molecule has 0 saturated heterocycles. The lowest BCUT2D eigenvalue weighted by atomic mass is 10.1. The first-order valence-electron chi connectivity index (χ1n) is 8.88. The Morgan fingerprint density at radius 2 is 1.96 bits per heavy atom. The number of carbonyl (C=O) groups is 1. The number of nitrogens with one attached hydrogen (secondary N) is 2. The standard InChI is InChI=1S/C19H31FN4O2.HI/c1-7-21-18(24(6)13-17(25)23-19(3,4)5)22-12-14-9-10-16(26-8-2)15(20)11-14;/h9-11H,7-8,12-13H2,1-6H3,(H,21,22)(H,23,25);1H. The summed E-state index contributed by atoms with van der Waals surface area (Å²) >= 11 is 0. The Morgan fingerprint density at radius 1 is 1.30 bits per heavy atom. The van der Waals surface area contributed by atoms with Crippen LogP contribution in [0.4, 0.5) is 4.39 Å². The first-order valence-corrected chi connectivity index (χ1v) is 8.88. The van der Waals surface area contributed by atoms with Gasteiger partial charge in [0.25, 0.3) is 0 Å². The van der Waals surface area contributed by atoms with E-state index in [1.807, 2.05) is 34.6 Å². The smallest absolute Gasteiger partial charge is 0.240 e. The third-order valence-corrected chi connectivity index (χ3v) is 3.30. The molecule has 0 aliphatic rings. The topological polar surface area (TPSA) is 66.0 Å². The zero-order valence-electron chi connectivity index (χ0n) is 17.1. The average molecular weight is 494 g/mol. The van der Waals surface area contributed by atoms with Crippen molar-refractivity contribution in [3.8, 4) is 5.75 Å². The summed E-state index contributed by atoms with van der Waals surface area (Å²) in [6.07, 6.45) is 0. The molecule has 6 nitrogen and oxygen atoms in total. The number of likely N-dealkylation sites (N-methyl/N-ethyl adjacent to an activating group) is 1. The van der Waals surface area contributed by atoms with Crippen molar-refractivity contribution in [1.82, 2.24) is 15.5 Å². The minimum absolute atomic E-state index is 0. The largest absolute Gasteiger partial charge is 0.491 e. The monoisotopic (exact) mass is 494 g/mol. The van der Waals surface area contributed by atoms with Crippen molar-refractivity contribution in [3.63, 3.8) is 0 Å². The summed E-state index contributed by atoms with van der Waals surface area (Å²) in [5.74, 6) is 0.342. The van der Waals surface area contributed by atoms with Gasteiger partial charge in [0.2, 0.25) is 5.91 Å². The van der Waals surface area contributed by atoms with Crippen LogP contribution in [0.2, 0.25) is 0 Å². The normalized spacial score (nSPS) is 11.4. The van der Waals surface area contributed by atoms with Crippen molar-refractivity contribution in [2.45, 2.75) is 46.7 Å². The molecule has 0 heterocycles. The highest BCUT2D eigenvalue weighted by molar-refractivity contribution is 14.0. The average Bonchev–Trinajstić information content (AvgIpc) is 2.51. The lowest BCUT2D eigenvalue weighted by Gasteiger charge is -2.25. The lowest BCUT2D eigenvalue weighted by Crippen LogP contribution is -2.48. The number of nitrogens with zero attached hydrogens (tertiary/aromatic N) is 2. The highest BCUT2D eigenvalue weighted by Gasteiger charge is 2.16. The molecule has 27 heavy (non-hydrogen) atoms. The minimum Gasteiger partial charge on any atom is -0.491 e. The van der Waals surface area contributed by atoms with E-state index in [1.54, 1.807) is 24.1 Å². The van der Waals surface area contributed by atoms with Crippen molar-refractivity contribution in [3.05, 3.63) is 29.6 Å². The second-order valence-electron chi connectivity index (χ2n) is 7.02. The maximum absolute atomic E-state index is 13.9. The maximum atomic E-state index is 13.9. The van der Waals surface area contributed by atoms with Gasteiger partial charge in [0.15, 0.2) is 17.5 Å². The van der Waals surface area contributed by atoms with E-state index in [0.29, 0.717) is 25.7 Å². The fraction of sp³-hybridized carbons (Fsp3) is 0.579. The zero-order valence-corrected chi connectivity index (χ0v) is 19.4. The van der Waals surface area contributed by atoms with Gasteiger partial charge in [0.05, 0.1) is 19.7 Å². The Balaban J connectivity index is 0.00000676. The molecule has 0 spiro atoms. The molecule has 0 aliphatic heterocycles. The van der Waals surface area contributed by atoms with Crippen LogP contribution in [0, 0.1) is 5.82 Å². The van der Waals surface area contributed by atoms with Crippen LogP contribution >= 0.6 is 24.0 Å². The summed E-state index contributed by atoms with van der Waals surface area (Å²) in [6.45, 7) is 11.1. The third kappa shape index (κ3) is 9.78. The number of ether oxygens (including phenoxy) is 1. The number of aliphatic imine (C=N–C) groups is 1. The maximum Gasteiger partial charge on any atom is 0.240 e. The number of benzene rings is 1. The van der Waals surface area contributed by atoms with Crippen LogP contribution in [-0.4, -0.2) is 49.0 Å². The molecule has 154 valence electrons. The van der Waals surface area contributed by atoms with Crippen molar-refractivity contribution >= 4 is 35.8 Å². The first kappa shape index (κ1) is 25.4.